The Hall–Kier alpha value is -0.350. The van der Waals surface area contributed by atoms with Gasteiger partial charge in [0.15, 0.2) is 9.84 Å². The second kappa shape index (κ2) is 2.36. The van der Waals surface area contributed by atoms with Crippen LogP contribution in [0.1, 0.15) is 0 Å². The van der Waals surface area contributed by atoms with Crippen LogP contribution in [0.15, 0.2) is 11.0 Å². The molecule has 0 atom stereocenters. The molecule has 58 valence electrons. The lowest BCUT2D eigenvalue weighted by molar-refractivity contribution is 0.310. The van der Waals surface area contributed by atoms with Crippen LogP contribution >= 0.6 is 0 Å². The highest BCUT2D eigenvalue weighted by Gasteiger charge is 2.16. The minimum absolute atomic E-state index is 0.799. The Morgan fingerprint density at radius 2 is 2.00 bits per heavy atom. The first-order valence-corrected chi connectivity index (χ1v) is 5.01. The van der Waals surface area contributed by atoms with Crippen molar-refractivity contribution in [1.82, 2.24) is 4.90 Å². The number of hydrogen-bond acceptors (Lipinski definition) is 3. The summed E-state index contributed by atoms with van der Waals surface area (Å²) in [5.41, 5.74) is 1.00. The summed E-state index contributed by atoms with van der Waals surface area (Å²) in [7, 11) is -0.938. The summed E-state index contributed by atoms with van der Waals surface area (Å²) in [6, 6.07) is 0. The molecule has 0 aromatic heterocycles. The summed E-state index contributed by atoms with van der Waals surface area (Å²) < 4.78 is 21.3. The van der Waals surface area contributed by atoms with Crippen molar-refractivity contribution >= 4 is 9.84 Å². The highest BCUT2D eigenvalue weighted by atomic mass is 32.2. The molecule has 1 rings (SSSR count). The van der Waals surface area contributed by atoms with Gasteiger partial charge in [0.25, 0.3) is 0 Å². The number of nitrogens with zero attached hydrogens (tertiary/aromatic N) is 1. The summed E-state index contributed by atoms with van der Waals surface area (Å²) in [5.74, 6) is 0. The number of rotatable bonds is 1. The van der Waals surface area contributed by atoms with Crippen LogP contribution in [0, 0.1) is 0 Å². The van der Waals surface area contributed by atoms with Gasteiger partial charge in [-0.2, -0.15) is 0 Å². The lowest BCUT2D eigenvalue weighted by Gasteiger charge is -2.29. The van der Waals surface area contributed by atoms with E-state index in [9.17, 15) is 8.42 Å². The fourth-order valence-electron chi connectivity index (χ4n) is 1.02. The molecular formula is C6H11NO2S. The summed E-state index contributed by atoms with van der Waals surface area (Å²) in [5, 5.41) is 1.35. The zero-order valence-electron chi connectivity index (χ0n) is 6.16. The molecule has 4 heteroatoms. The Kier molecular flexibility index (Phi) is 1.83. The first-order chi connectivity index (χ1) is 4.47. The smallest absolute Gasteiger partial charge is 0.168 e. The Balaban J connectivity index is 2.60. The van der Waals surface area contributed by atoms with Gasteiger partial charge in [0.05, 0.1) is 0 Å². The van der Waals surface area contributed by atoms with Crippen molar-refractivity contribution in [2.45, 2.75) is 0 Å². The van der Waals surface area contributed by atoms with Crippen molar-refractivity contribution in [2.24, 2.45) is 0 Å². The lowest BCUT2D eigenvalue weighted by atomic mass is 10.1. The van der Waals surface area contributed by atoms with Gasteiger partial charge in [0.1, 0.15) is 0 Å². The second-order valence-corrected chi connectivity index (χ2v) is 4.67. The molecule has 0 aromatic carbocycles. The highest BCUT2D eigenvalue weighted by molar-refractivity contribution is 7.93. The molecule has 1 saturated heterocycles. The van der Waals surface area contributed by atoms with E-state index in [4.69, 9.17) is 0 Å². The minimum atomic E-state index is -2.90. The third-order valence-corrected chi connectivity index (χ3v) is 2.09. The van der Waals surface area contributed by atoms with Crippen molar-refractivity contribution < 1.29 is 8.42 Å². The SMILES string of the molecule is CN1CC(=CS(C)(=O)=O)C1. The van der Waals surface area contributed by atoms with Crippen LogP contribution in [-0.4, -0.2) is 39.7 Å². The van der Waals surface area contributed by atoms with Crippen LogP contribution in [0.2, 0.25) is 0 Å². The maximum atomic E-state index is 10.6. The van der Waals surface area contributed by atoms with E-state index in [1.807, 2.05) is 7.05 Å². The van der Waals surface area contributed by atoms with Gasteiger partial charge >= 0.3 is 0 Å². The Morgan fingerprint density at radius 1 is 1.50 bits per heavy atom. The molecule has 0 saturated carbocycles. The molecule has 0 aliphatic carbocycles. The van der Waals surface area contributed by atoms with Gasteiger partial charge in [-0.15, -0.1) is 0 Å². The summed E-state index contributed by atoms with van der Waals surface area (Å²) in [6.07, 6.45) is 1.22. The van der Waals surface area contributed by atoms with E-state index in [1.54, 1.807) is 0 Å². The fourth-order valence-corrected chi connectivity index (χ4v) is 1.78. The molecule has 0 bridgehead atoms. The van der Waals surface area contributed by atoms with Crippen LogP contribution < -0.4 is 0 Å². The lowest BCUT2D eigenvalue weighted by Crippen LogP contribution is -2.36. The maximum Gasteiger partial charge on any atom is 0.168 e. The number of sulfone groups is 1. The van der Waals surface area contributed by atoms with Gasteiger partial charge in [-0.1, -0.05) is 0 Å². The van der Waals surface area contributed by atoms with Gasteiger partial charge in [0.2, 0.25) is 0 Å². The van der Waals surface area contributed by atoms with Gasteiger partial charge in [-0.25, -0.2) is 8.42 Å². The zero-order chi connectivity index (χ0) is 7.78. The molecular weight excluding hydrogens is 150 g/mol. The van der Waals surface area contributed by atoms with Crippen molar-refractivity contribution in [1.29, 1.82) is 0 Å². The maximum absolute atomic E-state index is 10.6. The summed E-state index contributed by atoms with van der Waals surface area (Å²) >= 11 is 0. The fraction of sp³-hybridized carbons (Fsp3) is 0.667. The number of likely N-dealkylation sites (tertiary alicyclic amines) is 1. The first-order valence-electron chi connectivity index (χ1n) is 3.05. The normalized spacial score (nSPS) is 20.4. The van der Waals surface area contributed by atoms with Gasteiger partial charge < -0.3 is 0 Å². The van der Waals surface area contributed by atoms with E-state index in [0.29, 0.717) is 0 Å². The van der Waals surface area contributed by atoms with Gasteiger partial charge in [0, 0.05) is 24.8 Å². The molecule has 3 nitrogen and oxygen atoms in total. The molecule has 1 aliphatic heterocycles. The quantitative estimate of drug-likeness (QED) is 0.537. The molecule has 0 amide bonds. The molecule has 1 fully saturated rings. The van der Waals surface area contributed by atoms with E-state index in [0.717, 1.165) is 18.7 Å². The molecule has 1 aliphatic rings. The van der Waals surface area contributed by atoms with E-state index < -0.39 is 9.84 Å². The molecule has 0 N–H and O–H groups in total. The Labute approximate surface area is 61.3 Å². The number of hydrogen-bond donors (Lipinski definition) is 0. The van der Waals surface area contributed by atoms with Crippen LogP contribution in [0.5, 0.6) is 0 Å². The van der Waals surface area contributed by atoms with Crippen LogP contribution in [0.25, 0.3) is 0 Å². The van der Waals surface area contributed by atoms with Crippen molar-refractivity contribution in [2.75, 3.05) is 26.4 Å². The molecule has 1 heterocycles. The third-order valence-electron chi connectivity index (χ3n) is 1.33. The first kappa shape index (κ1) is 7.75. The largest absolute Gasteiger partial charge is 0.298 e. The van der Waals surface area contributed by atoms with E-state index in [-0.39, 0.29) is 0 Å². The van der Waals surface area contributed by atoms with Crippen molar-refractivity contribution in [3.8, 4) is 0 Å². The Morgan fingerprint density at radius 3 is 2.30 bits per heavy atom. The summed E-state index contributed by atoms with van der Waals surface area (Å²) in [6.45, 7) is 1.60. The minimum Gasteiger partial charge on any atom is -0.298 e. The second-order valence-electron chi connectivity index (χ2n) is 2.78. The molecule has 0 radical (unpaired) electrons. The molecule has 10 heavy (non-hydrogen) atoms. The van der Waals surface area contributed by atoms with E-state index >= 15 is 0 Å². The van der Waals surface area contributed by atoms with Crippen LogP contribution in [0.4, 0.5) is 0 Å². The Bertz CT molecular complexity index is 245. The summed E-state index contributed by atoms with van der Waals surface area (Å²) in [4.78, 5) is 2.05. The molecule has 0 aromatic rings. The van der Waals surface area contributed by atoms with E-state index in [1.165, 1.54) is 11.7 Å². The van der Waals surface area contributed by atoms with Crippen molar-refractivity contribution in [3.05, 3.63) is 11.0 Å². The third kappa shape index (κ3) is 2.11. The molecule has 0 spiro atoms. The highest BCUT2D eigenvalue weighted by Crippen LogP contribution is 2.11. The number of likely N-dealkylation sites (N-methyl/N-ethyl adjacent to an activating group) is 1. The predicted octanol–water partition coefficient (Wildman–Crippen LogP) is -0.140. The average Bonchev–Trinajstić information content (AvgIpc) is 1.57. The zero-order valence-corrected chi connectivity index (χ0v) is 6.98. The monoisotopic (exact) mass is 161 g/mol. The van der Waals surface area contributed by atoms with Crippen LogP contribution in [-0.2, 0) is 9.84 Å². The van der Waals surface area contributed by atoms with Crippen molar-refractivity contribution in [3.63, 3.8) is 0 Å². The van der Waals surface area contributed by atoms with E-state index in [2.05, 4.69) is 4.90 Å². The molecule has 0 unspecified atom stereocenters. The van der Waals surface area contributed by atoms with Crippen LogP contribution in [0.3, 0.4) is 0 Å². The van der Waals surface area contributed by atoms with Gasteiger partial charge in [-0.05, 0) is 12.6 Å². The predicted molar refractivity (Wildman–Crippen MR) is 40.4 cm³/mol. The van der Waals surface area contributed by atoms with Gasteiger partial charge in [-0.3, -0.25) is 4.90 Å². The topological polar surface area (TPSA) is 37.4 Å². The standard InChI is InChI=1S/C6H11NO2S/c1-7-3-6(4-7)5-10(2,8)9/h5H,3-4H2,1-2H3. The average molecular weight is 161 g/mol.